The summed E-state index contributed by atoms with van der Waals surface area (Å²) in [6.07, 6.45) is 0. The molecule has 0 bridgehead atoms. The molecule has 0 saturated carbocycles. The number of piperazine rings is 1. The van der Waals surface area contributed by atoms with Crippen LogP contribution in [-0.2, 0) is 10.0 Å². The van der Waals surface area contributed by atoms with E-state index in [9.17, 15) is 8.42 Å². The summed E-state index contributed by atoms with van der Waals surface area (Å²) < 4.78 is 29.1. The van der Waals surface area contributed by atoms with Crippen LogP contribution < -0.4 is 0 Å². The second kappa shape index (κ2) is 9.43. The summed E-state index contributed by atoms with van der Waals surface area (Å²) in [5.74, 6) is 0. The molecule has 0 aromatic heterocycles. The van der Waals surface area contributed by atoms with Crippen LogP contribution in [0.1, 0.15) is 22.7 Å². The Morgan fingerprint density at radius 1 is 0.839 bits per heavy atom. The molecule has 0 N–H and O–H groups in total. The molecule has 1 heterocycles. The quantitative estimate of drug-likeness (QED) is 0.446. The molecule has 7 heteroatoms. The van der Waals surface area contributed by atoms with Gasteiger partial charge in [0.2, 0.25) is 10.0 Å². The number of sulfonamides is 1. The molecular formula is C24H24BrClN2O2S. The molecule has 3 aromatic rings. The Kier molecular flexibility index (Phi) is 6.84. The molecule has 1 aliphatic heterocycles. The Balaban J connectivity index is 1.58. The van der Waals surface area contributed by atoms with Crippen LogP contribution >= 0.6 is 27.5 Å². The van der Waals surface area contributed by atoms with Crippen LogP contribution in [0.4, 0.5) is 0 Å². The van der Waals surface area contributed by atoms with Crippen molar-refractivity contribution in [2.75, 3.05) is 26.2 Å². The first-order valence-corrected chi connectivity index (χ1v) is 12.8. The van der Waals surface area contributed by atoms with Crippen molar-refractivity contribution in [2.45, 2.75) is 17.9 Å². The highest BCUT2D eigenvalue weighted by atomic mass is 79.9. The van der Waals surface area contributed by atoms with Gasteiger partial charge in [-0.3, -0.25) is 4.90 Å². The molecule has 31 heavy (non-hydrogen) atoms. The minimum atomic E-state index is -3.58. The lowest BCUT2D eigenvalue weighted by Crippen LogP contribution is -2.49. The van der Waals surface area contributed by atoms with E-state index in [0.717, 1.165) is 4.47 Å². The van der Waals surface area contributed by atoms with E-state index in [4.69, 9.17) is 11.6 Å². The van der Waals surface area contributed by atoms with Gasteiger partial charge in [0.25, 0.3) is 0 Å². The SMILES string of the molecule is Cc1c(Cl)cccc1S(=O)(=O)N1CCN([C@H](c2ccccc2)c2ccc(Br)cc2)CC1. The first-order chi connectivity index (χ1) is 14.9. The lowest BCUT2D eigenvalue weighted by molar-refractivity contribution is 0.156. The summed E-state index contributed by atoms with van der Waals surface area (Å²) in [5, 5.41) is 0.471. The zero-order valence-corrected chi connectivity index (χ0v) is 20.4. The van der Waals surface area contributed by atoms with Gasteiger partial charge in [-0.25, -0.2) is 8.42 Å². The fraction of sp³-hybridized carbons (Fsp3) is 0.250. The summed E-state index contributed by atoms with van der Waals surface area (Å²) in [5.41, 5.74) is 2.99. The van der Waals surface area contributed by atoms with Crippen LogP contribution in [0.5, 0.6) is 0 Å². The summed E-state index contributed by atoms with van der Waals surface area (Å²) in [4.78, 5) is 2.65. The largest absolute Gasteiger partial charge is 0.290 e. The van der Waals surface area contributed by atoms with Crippen LogP contribution in [0, 0.1) is 6.92 Å². The highest BCUT2D eigenvalue weighted by Gasteiger charge is 2.33. The van der Waals surface area contributed by atoms with Crippen molar-refractivity contribution in [1.29, 1.82) is 0 Å². The van der Waals surface area contributed by atoms with Gasteiger partial charge in [0.15, 0.2) is 0 Å². The van der Waals surface area contributed by atoms with Gasteiger partial charge in [-0.15, -0.1) is 0 Å². The number of hydrogen-bond acceptors (Lipinski definition) is 3. The van der Waals surface area contributed by atoms with E-state index in [0.29, 0.717) is 41.7 Å². The van der Waals surface area contributed by atoms with Crippen LogP contribution in [0.2, 0.25) is 5.02 Å². The Morgan fingerprint density at radius 2 is 1.45 bits per heavy atom. The number of benzene rings is 3. The molecular weight excluding hydrogens is 496 g/mol. The Bertz CT molecular complexity index is 1150. The van der Waals surface area contributed by atoms with E-state index in [2.05, 4.69) is 45.1 Å². The lowest BCUT2D eigenvalue weighted by atomic mass is 9.96. The topological polar surface area (TPSA) is 40.6 Å². The monoisotopic (exact) mass is 518 g/mol. The van der Waals surface area contributed by atoms with Crippen molar-refractivity contribution in [3.8, 4) is 0 Å². The number of rotatable bonds is 5. The van der Waals surface area contributed by atoms with Crippen LogP contribution in [-0.4, -0.2) is 43.8 Å². The van der Waals surface area contributed by atoms with Crippen molar-refractivity contribution < 1.29 is 8.42 Å². The second-order valence-electron chi connectivity index (χ2n) is 7.67. The fourth-order valence-corrected chi connectivity index (χ4v) is 6.27. The van der Waals surface area contributed by atoms with Gasteiger partial charge < -0.3 is 0 Å². The molecule has 0 aliphatic carbocycles. The van der Waals surface area contributed by atoms with E-state index < -0.39 is 10.0 Å². The highest BCUT2D eigenvalue weighted by molar-refractivity contribution is 9.10. The molecule has 0 amide bonds. The van der Waals surface area contributed by atoms with Gasteiger partial charge in [-0.2, -0.15) is 4.31 Å². The van der Waals surface area contributed by atoms with Crippen molar-refractivity contribution in [3.05, 3.63) is 99.0 Å². The maximum atomic E-state index is 13.3. The maximum absolute atomic E-state index is 13.3. The van der Waals surface area contributed by atoms with Gasteiger partial charge >= 0.3 is 0 Å². The first kappa shape index (κ1) is 22.5. The fourth-order valence-electron chi connectivity index (χ4n) is 4.10. The van der Waals surface area contributed by atoms with E-state index in [-0.39, 0.29) is 6.04 Å². The lowest BCUT2D eigenvalue weighted by Gasteiger charge is -2.39. The van der Waals surface area contributed by atoms with Gasteiger partial charge in [-0.05, 0) is 47.9 Å². The molecule has 1 atom stereocenters. The third-order valence-electron chi connectivity index (χ3n) is 5.78. The number of hydrogen-bond donors (Lipinski definition) is 0. The summed E-state index contributed by atoms with van der Waals surface area (Å²) in [7, 11) is -3.58. The third kappa shape index (κ3) is 4.73. The molecule has 1 saturated heterocycles. The first-order valence-electron chi connectivity index (χ1n) is 10.2. The van der Waals surface area contributed by atoms with Gasteiger partial charge in [0.1, 0.15) is 0 Å². The molecule has 3 aromatic carbocycles. The van der Waals surface area contributed by atoms with Crippen molar-refractivity contribution in [1.82, 2.24) is 9.21 Å². The molecule has 0 unspecified atom stereocenters. The maximum Gasteiger partial charge on any atom is 0.243 e. The van der Waals surface area contributed by atoms with E-state index in [1.54, 1.807) is 29.4 Å². The summed E-state index contributed by atoms with van der Waals surface area (Å²) >= 11 is 9.69. The van der Waals surface area contributed by atoms with E-state index >= 15 is 0 Å². The van der Waals surface area contributed by atoms with E-state index in [1.165, 1.54) is 11.1 Å². The smallest absolute Gasteiger partial charge is 0.243 e. The molecule has 1 fully saturated rings. The molecule has 162 valence electrons. The van der Waals surface area contributed by atoms with Gasteiger partial charge in [0.05, 0.1) is 10.9 Å². The predicted molar refractivity (Wildman–Crippen MR) is 129 cm³/mol. The number of nitrogens with zero attached hydrogens (tertiary/aromatic N) is 2. The molecule has 1 aliphatic rings. The molecule has 4 nitrogen and oxygen atoms in total. The minimum Gasteiger partial charge on any atom is -0.290 e. The molecule has 0 spiro atoms. The second-order valence-corrected chi connectivity index (χ2v) is 10.9. The van der Waals surface area contributed by atoms with E-state index in [1.807, 2.05) is 30.3 Å². The predicted octanol–water partition coefficient (Wildman–Crippen LogP) is 5.51. The minimum absolute atomic E-state index is 0.0760. The Morgan fingerprint density at radius 3 is 2.10 bits per heavy atom. The van der Waals surface area contributed by atoms with Crippen LogP contribution in [0.3, 0.4) is 0 Å². The van der Waals surface area contributed by atoms with Crippen LogP contribution in [0.25, 0.3) is 0 Å². The highest BCUT2D eigenvalue weighted by Crippen LogP contribution is 2.32. The number of halogens is 2. The average molecular weight is 520 g/mol. The third-order valence-corrected chi connectivity index (χ3v) is 8.76. The normalized spacial score (nSPS) is 16.9. The van der Waals surface area contributed by atoms with Crippen LogP contribution in [0.15, 0.2) is 82.2 Å². The Hall–Kier alpha value is -1.70. The van der Waals surface area contributed by atoms with Gasteiger partial charge in [0, 0.05) is 35.7 Å². The molecule has 4 rings (SSSR count). The van der Waals surface area contributed by atoms with Crippen molar-refractivity contribution in [2.24, 2.45) is 0 Å². The zero-order chi connectivity index (χ0) is 22.0. The van der Waals surface area contributed by atoms with Gasteiger partial charge in [-0.1, -0.05) is 76.1 Å². The molecule has 0 radical (unpaired) electrons. The average Bonchev–Trinajstić information content (AvgIpc) is 2.78. The standard InChI is InChI=1S/C24H24BrClN2O2S/c1-18-22(26)8-5-9-23(18)31(29,30)28-16-14-27(15-17-28)24(19-6-3-2-4-7-19)20-10-12-21(25)13-11-20/h2-13,24H,14-17H2,1H3/t24-/m1/s1. The zero-order valence-electron chi connectivity index (χ0n) is 17.2. The van der Waals surface area contributed by atoms with Crippen molar-refractivity contribution >= 4 is 37.6 Å². The summed E-state index contributed by atoms with van der Waals surface area (Å²) in [6, 6.07) is 23.8. The Labute approximate surface area is 197 Å². The van der Waals surface area contributed by atoms with Crippen molar-refractivity contribution in [3.63, 3.8) is 0 Å². The summed E-state index contributed by atoms with van der Waals surface area (Å²) in [6.45, 7) is 3.93.